The van der Waals surface area contributed by atoms with Gasteiger partial charge in [-0.15, -0.1) is 0 Å². The Labute approximate surface area is 137 Å². The van der Waals surface area contributed by atoms with E-state index in [0.29, 0.717) is 12.3 Å². The molecule has 0 spiro atoms. The molecule has 23 heavy (non-hydrogen) atoms. The second kappa shape index (κ2) is 4.66. The first-order valence-corrected chi connectivity index (χ1v) is 8.79. The van der Waals surface area contributed by atoms with Crippen molar-refractivity contribution < 1.29 is 14.3 Å². The lowest BCUT2D eigenvalue weighted by Crippen LogP contribution is -2.63. The van der Waals surface area contributed by atoms with E-state index >= 15 is 4.39 Å². The summed E-state index contributed by atoms with van der Waals surface area (Å²) in [5, 5.41) is 10.8. The number of hydrogen-bond donors (Lipinski definition) is 1. The summed E-state index contributed by atoms with van der Waals surface area (Å²) in [6.07, 6.45) is 6.73. The quantitative estimate of drug-likeness (QED) is 0.688. The number of allylic oxidation sites excluding steroid dienone is 5. The van der Waals surface area contributed by atoms with Crippen LogP contribution in [-0.4, -0.2) is 22.7 Å². The van der Waals surface area contributed by atoms with Gasteiger partial charge in [-0.3, -0.25) is 4.79 Å². The van der Waals surface area contributed by atoms with E-state index < -0.39 is 17.2 Å². The Morgan fingerprint density at radius 1 is 1.39 bits per heavy atom. The first kappa shape index (κ1) is 15.3. The number of fused-ring (bicyclic) bond motifs is 5. The standard InChI is InChI=1S/C20H25FO2/c1-11-8-16-15(12(11)2)10-18(23)20(21)17(16)5-4-13-9-14(22)6-7-19(13,20)3/h6-7,9,11,16-18,23H,4-5,8,10H2,1-3H3/t11-,16+,17-,18-,19-,20-/m0/s1. The van der Waals surface area contributed by atoms with Crippen LogP contribution in [0.3, 0.4) is 0 Å². The predicted molar refractivity (Wildman–Crippen MR) is 87.5 cm³/mol. The van der Waals surface area contributed by atoms with E-state index in [4.69, 9.17) is 0 Å². The highest BCUT2D eigenvalue weighted by atomic mass is 19.1. The third kappa shape index (κ3) is 1.75. The number of halogens is 1. The van der Waals surface area contributed by atoms with Crippen LogP contribution in [-0.2, 0) is 4.79 Å². The maximum atomic E-state index is 16.5. The summed E-state index contributed by atoms with van der Waals surface area (Å²) in [5.41, 5.74) is 0.992. The van der Waals surface area contributed by atoms with E-state index in [2.05, 4.69) is 13.8 Å². The van der Waals surface area contributed by atoms with Crippen molar-refractivity contribution in [3.05, 3.63) is 34.9 Å². The number of rotatable bonds is 0. The molecule has 2 nitrogen and oxygen atoms in total. The van der Waals surface area contributed by atoms with Crippen molar-refractivity contribution in [3.8, 4) is 0 Å². The van der Waals surface area contributed by atoms with Gasteiger partial charge >= 0.3 is 0 Å². The molecule has 2 saturated carbocycles. The molecule has 3 heteroatoms. The van der Waals surface area contributed by atoms with E-state index in [1.165, 1.54) is 17.2 Å². The van der Waals surface area contributed by atoms with Crippen LogP contribution in [0.5, 0.6) is 0 Å². The number of hydrogen-bond acceptors (Lipinski definition) is 2. The van der Waals surface area contributed by atoms with Crippen LogP contribution in [0.15, 0.2) is 34.9 Å². The minimum absolute atomic E-state index is 0.0595. The Morgan fingerprint density at radius 3 is 2.87 bits per heavy atom. The van der Waals surface area contributed by atoms with Crippen molar-refractivity contribution in [1.82, 2.24) is 0 Å². The molecule has 0 aromatic carbocycles. The lowest BCUT2D eigenvalue weighted by Gasteiger charge is -2.58. The Morgan fingerprint density at radius 2 is 2.13 bits per heavy atom. The summed E-state index contributed by atoms with van der Waals surface area (Å²) in [6, 6.07) is 0. The molecule has 4 aliphatic carbocycles. The average molecular weight is 316 g/mol. The van der Waals surface area contributed by atoms with Crippen LogP contribution >= 0.6 is 0 Å². The lowest BCUT2D eigenvalue weighted by molar-refractivity contribution is -0.145. The van der Waals surface area contributed by atoms with Crippen LogP contribution in [0.4, 0.5) is 4.39 Å². The number of carbonyl (C=O) groups excluding carboxylic acids is 1. The van der Waals surface area contributed by atoms with Crippen molar-refractivity contribution in [3.63, 3.8) is 0 Å². The maximum absolute atomic E-state index is 16.5. The maximum Gasteiger partial charge on any atom is 0.178 e. The molecule has 0 saturated heterocycles. The van der Waals surface area contributed by atoms with Gasteiger partial charge in [-0.25, -0.2) is 4.39 Å². The highest BCUT2D eigenvalue weighted by molar-refractivity contribution is 6.01. The number of aliphatic hydroxyl groups is 1. The second-order valence-corrected chi connectivity index (χ2v) is 8.19. The molecule has 4 aliphatic rings. The van der Waals surface area contributed by atoms with E-state index in [1.54, 1.807) is 12.2 Å². The number of aliphatic hydroxyl groups excluding tert-OH is 1. The van der Waals surface area contributed by atoms with Gasteiger partial charge in [0, 0.05) is 11.3 Å². The van der Waals surface area contributed by atoms with Gasteiger partial charge in [0.1, 0.15) is 0 Å². The predicted octanol–water partition coefficient (Wildman–Crippen LogP) is 3.91. The first-order valence-electron chi connectivity index (χ1n) is 8.79. The van der Waals surface area contributed by atoms with Gasteiger partial charge in [-0.1, -0.05) is 29.7 Å². The van der Waals surface area contributed by atoms with E-state index in [1.807, 2.05) is 6.92 Å². The first-order chi connectivity index (χ1) is 10.8. The van der Waals surface area contributed by atoms with Crippen molar-refractivity contribution in [2.24, 2.45) is 23.2 Å². The van der Waals surface area contributed by atoms with Gasteiger partial charge in [-0.05, 0) is 63.5 Å². The smallest absolute Gasteiger partial charge is 0.178 e. The van der Waals surface area contributed by atoms with Gasteiger partial charge in [0.25, 0.3) is 0 Å². The van der Waals surface area contributed by atoms with Gasteiger partial charge in [0.15, 0.2) is 11.5 Å². The second-order valence-electron chi connectivity index (χ2n) is 8.19. The molecular weight excluding hydrogens is 291 g/mol. The zero-order valence-electron chi connectivity index (χ0n) is 14.1. The largest absolute Gasteiger partial charge is 0.389 e. The Balaban J connectivity index is 1.83. The fourth-order valence-corrected chi connectivity index (χ4v) is 5.81. The monoisotopic (exact) mass is 316 g/mol. The van der Waals surface area contributed by atoms with Gasteiger partial charge in [0.2, 0.25) is 0 Å². The van der Waals surface area contributed by atoms with Gasteiger partial charge in [0.05, 0.1) is 6.10 Å². The fourth-order valence-electron chi connectivity index (χ4n) is 5.81. The highest BCUT2D eigenvalue weighted by Gasteiger charge is 2.66. The molecule has 0 amide bonds. The lowest BCUT2D eigenvalue weighted by atomic mass is 9.49. The third-order valence-electron chi connectivity index (χ3n) is 7.31. The fraction of sp³-hybridized carbons (Fsp3) is 0.650. The average Bonchev–Trinajstić information content (AvgIpc) is 2.78. The van der Waals surface area contributed by atoms with E-state index in [-0.39, 0.29) is 17.6 Å². The van der Waals surface area contributed by atoms with E-state index in [0.717, 1.165) is 24.8 Å². The summed E-state index contributed by atoms with van der Waals surface area (Å²) in [5.74, 6) is 0.525. The molecule has 0 aromatic heterocycles. The highest BCUT2D eigenvalue weighted by Crippen LogP contribution is 2.64. The number of carbonyl (C=O) groups is 1. The Hall–Kier alpha value is -1.22. The molecule has 0 unspecified atom stereocenters. The zero-order chi connectivity index (χ0) is 16.6. The summed E-state index contributed by atoms with van der Waals surface area (Å²) in [6.45, 7) is 6.23. The van der Waals surface area contributed by atoms with Crippen LogP contribution in [0.2, 0.25) is 0 Å². The van der Waals surface area contributed by atoms with Gasteiger partial charge < -0.3 is 5.11 Å². The van der Waals surface area contributed by atoms with Crippen LogP contribution in [0.1, 0.15) is 46.5 Å². The van der Waals surface area contributed by atoms with Crippen molar-refractivity contribution >= 4 is 5.78 Å². The third-order valence-corrected chi connectivity index (χ3v) is 7.31. The molecule has 0 aliphatic heterocycles. The summed E-state index contributed by atoms with van der Waals surface area (Å²) >= 11 is 0. The summed E-state index contributed by atoms with van der Waals surface area (Å²) < 4.78 is 16.5. The minimum atomic E-state index is -1.67. The van der Waals surface area contributed by atoms with E-state index in [9.17, 15) is 9.90 Å². The molecule has 0 bridgehead atoms. The van der Waals surface area contributed by atoms with Crippen LogP contribution in [0, 0.1) is 23.2 Å². The SMILES string of the molecule is CC1=C2C[C@H](O)[C@@]3(F)[C@@H](CCC4=CC(=O)C=C[C@@]43C)[C@@H]2C[C@@H]1C. The molecule has 124 valence electrons. The molecule has 0 heterocycles. The Kier molecular flexibility index (Phi) is 3.10. The molecule has 2 fully saturated rings. The molecule has 0 aromatic rings. The van der Waals surface area contributed by atoms with Crippen LogP contribution < -0.4 is 0 Å². The number of alkyl halides is 1. The van der Waals surface area contributed by atoms with Crippen molar-refractivity contribution in [1.29, 1.82) is 0 Å². The molecule has 4 rings (SSSR count). The summed E-state index contributed by atoms with van der Waals surface area (Å²) in [4.78, 5) is 11.7. The topological polar surface area (TPSA) is 37.3 Å². The van der Waals surface area contributed by atoms with Crippen LogP contribution in [0.25, 0.3) is 0 Å². The van der Waals surface area contributed by atoms with Crippen molar-refractivity contribution in [2.75, 3.05) is 0 Å². The molecular formula is C20H25FO2. The molecule has 0 radical (unpaired) electrons. The molecule has 6 atom stereocenters. The summed E-state index contributed by atoms with van der Waals surface area (Å²) in [7, 11) is 0. The Bertz CT molecular complexity index is 673. The normalized spacial score (nSPS) is 48.7. The van der Waals surface area contributed by atoms with Gasteiger partial charge in [-0.2, -0.15) is 0 Å². The number of ketones is 1. The zero-order valence-corrected chi connectivity index (χ0v) is 14.1. The minimum Gasteiger partial charge on any atom is -0.389 e. The molecule has 1 N–H and O–H groups in total. The van der Waals surface area contributed by atoms with Crippen molar-refractivity contribution in [2.45, 2.75) is 58.2 Å².